The number of hydrogen-bond donors (Lipinski definition) is 1. The lowest BCUT2D eigenvalue weighted by molar-refractivity contribution is 0.118. The molecule has 0 heterocycles. The van der Waals surface area contributed by atoms with E-state index in [-0.39, 0.29) is 0 Å². The van der Waals surface area contributed by atoms with Gasteiger partial charge in [-0.1, -0.05) is 20.8 Å². The number of likely N-dealkylation sites (N-methyl/N-ethyl adjacent to an activating group) is 1. The summed E-state index contributed by atoms with van der Waals surface area (Å²) in [7, 11) is 2.01. The minimum absolute atomic E-state index is 0.432. The summed E-state index contributed by atoms with van der Waals surface area (Å²) in [5.74, 6) is 0. The van der Waals surface area contributed by atoms with Gasteiger partial charge in [0.1, 0.15) is 0 Å². The fraction of sp³-hybridized carbons (Fsp3) is 1.00. The van der Waals surface area contributed by atoms with Gasteiger partial charge in [0, 0.05) is 12.6 Å². The highest BCUT2D eigenvalue weighted by atomic mass is 16.5. The van der Waals surface area contributed by atoms with Crippen LogP contribution in [0.25, 0.3) is 0 Å². The van der Waals surface area contributed by atoms with Crippen molar-refractivity contribution in [3.05, 3.63) is 0 Å². The molecular formula is C11H25NO. The molecule has 0 aromatic heterocycles. The Morgan fingerprint density at radius 2 is 1.92 bits per heavy atom. The van der Waals surface area contributed by atoms with E-state index in [1.807, 2.05) is 14.0 Å². The van der Waals surface area contributed by atoms with Crippen molar-refractivity contribution in [2.75, 3.05) is 20.3 Å². The first kappa shape index (κ1) is 12.9. The van der Waals surface area contributed by atoms with Crippen LogP contribution in [0.4, 0.5) is 0 Å². The standard InChI is InChI=1S/C11H25NO/c1-6-13-9-10(12-5)7-8-11(2,3)4/h10,12H,6-9H2,1-5H3. The second-order valence-electron chi connectivity index (χ2n) is 4.74. The first-order chi connectivity index (χ1) is 5.99. The lowest BCUT2D eigenvalue weighted by Crippen LogP contribution is -2.31. The van der Waals surface area contributed by atoms with Crippen LogP contribution in [-0.2, 0) is 4.74 Å². The van der Waals surface area contributed by atoms with E-state index >= 15 is 0 Å². The average Bonchev–Trinajstić information content (AvgIpc) is 2.03. The summed E-state index contributed by atoms with van der Waals surface area (Å²) in [6.45, 7) is 10.5. The van der Waals surface area contributed by atoms with Gasteiger partial charge in [-0.2, -0.15) is 0 Å². The first-order valence-corrected chi connectivity index (χ1v) is 5.24. The van der Waals surface area contributed by atoms with Gasteiger partial charge in [-0.25, -0.2) is 0 Å². The molecule has 0 fully saturated rings. The van der Waals surface area contributed by atoms with Gasteiger partial charge in [-0.05, 0) is 32.2 Å². The molecule has 0 spiro atoms. The number of ether oxygens (including phenoxy) is 1. The van der Waals surface area contributed by atoms with Crippen LogP contribution in [0.15, 0.2) is 0 Å². The smallest absolute Gasteiger partial charge is 0.0619 e. The lowest BCUT2D eigenvalue weighted by atomic mass is 9.89. The maximum atomic E-state index is 5.39. The summed E-state index contributed by atoms with van der Waals surface area (Å²) < 4.78 is 5.39. The molecule has 0 aromatic carbocycles. The zero-order valence-corrected chi connectivity index (χ0v) is 9.81. The minimum atomic E-state index is 0.432. The Labute approximate surface area is 83.1 Å². The monoisotopic (exact) mass is 187 g/mol. The molecule has 2 heteroatoms. The zero-order chi connectivity index (χ0) is 10.3. The molecule has 1 N–H and O–H groups in total. The third-order valence-electron chi connectivity index (χ3n) is 2.17. The van der Waals surface area contributed by atoms with Crippen molar-refractivity contribution in [2.45, 2.75) is 46.6 Å². The molecule has 13 heavy (non-hydrogen) atoms. The largest absolute Gasteiger partial charge is 0.380 e. The molecule has 0 bridgehead atoms. The Morgan fingerprint density at radius 3 is 2.31 bits per heavy atom. The SMILES string of the molecule is CCOCC(CCC(C)(C)C)NC. The molecule has 80 valence electrons. The van der Waals surface area contributed by atoms with E-state index < -0.39 is 0 Å². The summed E-state index contributed by atoms with van der Waals surface area (Å²) in [5.41, 5.74) is 0.432. The molecule has 0 aliphatic carbocycles. The normalized spacial score (nSPS) is 14.5. The van der Waals surface area contributed by atoms with E-state index in [1.165, 1.54) is 12.8 Å². The molecular weight excluding hydrogens is 162 g/mol. The van der Waals surface area contributed by atoms with E-state index in [1.54, 1.807) is 0 Å². The van der Waals surface area contributed by atoms with Crippen molar-refractivity contribution in [1.82, 2.24) is 5.32 Å². The topological polar surface area (TPSA) is 21.3 Å². The molecule has 0 aromatic rings. The van der Waals surface area contributed by atoms with Crippen LogP contribution in [0.2, 0.25) is 0 Å². The van der Waals surface area contributed by atoms with E-state index in [4.69, 9.17) is 4.74 Å². The van der Waals surface area contributed by atoms with Crippen molar-refractivity contribution < 1.29 is 4.74 Å². The second kappa shape index (κ2) is 6.39. The van der Waals surface area contributed by atoms with Gasteiger partial charge in [-0.3, -0.25) is 0 Å². The van der Waals surface area contributed by atoms with Gasteiger partial charge < -0.3 is 10.1 Å². The predicted octanol–water partition coefficient (Wildman–Crippen LogP) is 2.44. The second-order valence-corrected chi connectivity index (χ2v) is 4.74. The highest BCUT2D eigenvalue weighted by Crippen LogP contribution is 2.21. The van der Waals surface area contributed by atoms with E-state index in [0.29, 0.717) is 11.5 Å². The maximum Gasteiger partial charge on any atom is 0.0619 e. The molecule has 1 unspecified atom stereocenters. The quantitative estimate of drug-likeness (QED) is 0.689. The zero-order valence-electron chi connectivity index (χ0n) is 9.81. The Hall–Kier alpha value is -0.0800. The van der Waals surface area contributed by atoms with Crippen LogP contribution in [0.1, 0.15) is 40.5 Å². The molecule has 0 radical (unpaired) electrons. The van der Waals surface area contributed by atoms with Gasteiger partial charge in [-0.15, -0.1) is 0 Å². The molecule has 0 saturated carbocycles. The minimum Gasteiger partial charge on any atom is -0.380 e. The predicted molar refractivity (Wildman–Crippen MR) is 58.0 cm³/mol. The van der Waals surface area contributed by atoms with Crippen LogP contribution in [-0.4, -0.2) is 26.3 Å². The first-order valence-electron chi connectivity index (χ1n) is 5.24. The van der Waals surface area contributed by atoms with E-state index in [0.717, 1.165) is 13.2 Å². The maximum absolute atomic E-state index is 5.39. The lowest BCUT2D eigenvalue weighted by Gasteiger charge is -2.22. The molecule has 0 saturated heterocycles. The number of rotatable bonds is 6. The third kappa shape index (κ3) is 8.26. The third-order valence-corrected chi connectivity index (χ3v) is 2.17. The molecule has 0 amide bonds. The summed E-state index contributed by atoms with van der Waals surface area (Å²) in [4.78, 5) is 0. The molecule has 2 nitrogen and oxygen atoms in total. The van der Waals surface area contributed by atoms with Crippen LogP contribution in [0.3, 0.4) is 0 Å². The van der Waals surface area contributed by atoms with Gasteiger partial charge in [0.2, 0.25) is 0 Å². The van der Waals surface area contributed by atoms with Crippen molar-refractivity contribution in [3.8, 4) is 0 Å². The van der Waals surface area contributed by atoms with Crippen molar-refractivity contribution in [3.63, 3.8) is 0 Å². The van der Waals surface area contributed by atoms with Crippen molar-refractivity contribution in [2.24, 2.45) is 5.41 Å². The fourth-order valence-corrected chi connectivity index (χ4v) is 1.18. The number of hydrogen-bond acceptors (Lipinski definition) is 2. The van der Waals surface area contributed by atoms with Crippen molar-refractivity contribution in [1.29, 1.82) is 0 Å². The summed E-state index contributed by atoms with van der Waals surface area (Å²) in [5, 5.41) is 3.28. The summed E-state index contributed by atoms with van der Waals surface area (Å²) in [6, 6.07) is 0.513. The number of nitrogens with one attached hydrogen (secondary N) is 1. The van der Waals surface area contributed by atoms with Crippen LogP contribution in [0, 0.1) is 5.41 Å². The Kier molecular flexibility index (Phi) is 6.35. The van der Waals surface area contributed by atoms with Gasteiger partial charge in [0.15, 0.2) is 0 Å². The van der Waals surface area contributed by atoms with Crippen molar-refractivity contribution >= 4 is 0 Å². The van der Waals surface area contributed by atoms with Crippen LogP contribution < -0.4 is 5.32 Å². The molecule has 0 rings (SSSR count). The van der Waals surface area contributed by atoms with Gasteiger partial charge >= 0.3 is 0 Å². The van der Waals surface area contributed by atoms with E-state index in [2.05, 4.69) is 26.1 Å². The summed E-state index contributed by atoms with van der Waals surface area (Å²) in [6.07, 6.45) is 2.44. The Bertz CT molecular complexity index is 118. The van der Waals surface area contributed by atoms with E-state index in [9.17, 15) is 0 Å². The molecule has 1 atom stereocenters. The van der Waals surface area contributed by atoms with Crippen LogP contribution in [0.5, 0.6) is 0 Å². The fourth-order valence-electron chi connectivity index (χ4n) is 1.18. The highest BCUT2D eigenvalue weighted by molar-refractivity contribution is 4.69. The van der Waals surface area contributed by atoms with Crippen LogP contribution >= 0.6 is 0 Å². The average molecular weight is 187 g/mol. The molecule has 0 aliphatic heterocycles. The summed E-state index contributed by atoms with van der Waals surface area (Å²) >= 11 is 0. The Morgan fingerprint density at radius 1 is 1.31 bits per heavy atom. The Balaban J connectivity index is 3.59. The molecule has 0 aliphatic rings. The van der Waals surface area contributed by atoms with Gasteiger partial charge in [0.25, 0.3) is 0 Å². The van der Waals surface area contributed by atoms with Gasteiger partial charge in [0.05, 0.1) is 6.61 Å². The highest BCUT2D eigenvalue weighted by Gasteiger charge is 2.13.